The maximum atomic E-state index is 12.6. The van der Waals surface area contributed by atoms with Crippen molar-refractivity contribution in [3.63, 3.8) is 0 Å². The third kappa shape index (κ3) is 2.47. The summed E-state index contributed by atoms with van der Waals surface area (Å²) in [5.74, 6) is 0.0888. The van der Waals surface area contributed by atoms with E-state index in [0.29, 0.717) is 13.2 Å². The molecule has 0 saturated carbocycles. The van der Waals surface area contributed by atoms with E-state index in [1.165, 1.54) is 0 Å². The van der Waals surface area contributed by atoms with Crippen LogP contribution in [0.3, 0.4) is 0 Å². The largest absolute Gasteiger partial charge is 0.377 e. The molecule has 2 atom stereocenters. The van der Waals surface area contributed by atoms with Crippen LogP contribution in [0.4, 0.5) is 0 Å². The monoisotopic (exact) mass is 314 g/mol. The van der Waals surface area contributed by atoms with Gasteiger partial charge in [-0.3, -0.25) is 4.79 Å². The van der Waals surface area contributed by atoms with Crippen LogP contribution in [0.5, 0.6) is 0 Å². The molecule has 4 nitrogen and oxygen atoms in total. The molecule has 2 heterocycles. The van der Waals surface area contributed by atoms with Crippen molar-refractivity contribution in [1.29, 1.82) is 0 Å². The Morgan fingerprint density at radius 3 is 2.61 bits per heavy atom. The molecule has 100 valence electrons. The molecule has 18 heavy (non-hydrogen) atoms. The minimum atomic E-state index is 0.0888. The molecule has 0 bridgehead atoms. The zero-order valence-corrected chi connectivity index (χ0v) is 12.6. The summed E-state index contributed by atoms with van der Waals surface area (Å²) in [6.07, 6.45) is 1.95. The minimum absolute atomic E-state index is 0.0888. The third-order valence-corrected chi connectivity index (χ3v) is 3.76. The number of aromatic nitrogens is 1. The zero-order valence-electron chi connectivity index (χ0n) is 11.0. The highest BCUT2D eigenvalue weighted by molar-refractivity contribution is 9.10. The summed E-state index contributed by atoms with van der Waals surface area (Å²) in [4.78, 5) is 14.6. The predicted octanol–water partition coefficient (Wildman–Crippen LogP) is 2.52. The number of rotatable bonds is 2. The first-order valence-corrected chi connectivity index (χ1v) is 7.10. The molecule has 1 aromatic heterocycles. The number of hydrogen-bond donors (Lipinski definition) is 0. The van der Waals surface area contributed by atoms with Gasteiger partial charge in [0.1, 0.15) is 5.69 Å². The Labute approximate surface area is 116 Å². The highest BCUT2D eigenvalue weighted by atomic mass is 79.9. The van der Waals surface area contributed by atoms with Gasteiger partial charge in [0.2, 0.25) is 0 Å². The molecule has 1 amide bonds. The van der Waals surface area contributed by atoms with E-state index in [2.05, 4.69) is 15.9 Å². The Balaban J connectivity index is 2.29. The molecular formula is C13H19BrN2O2. The molecular weight excluding hydrogens is 296 g/mol. The number of ether oxygens (including phenoxy) is 1. The van der Waals surface area contributed by atoms with E-state index in [0.717, 1.165) is 16.7 Å². The van der Waals surface area contributed by atoms with Crippen LogP contribution in [0.15, 0.2) is 16.7 Å². The van der Waals surface area contributed by atoms with E-state index in [1.807, 2.05) is 42.5 Å². The van der Waals surface area contributed by atoms with Crippen LogP contribution in [0.2, 0.25) is 0 Å². The van der Waals surface area contributed by atoms with Crippen molar-refractivity contribution in [2.75, 3.05) is 13.2 Å². The third-order valence-electron chi connectivity index (χ3n) is 3.33. The summed E-state index contributed by atoms with van der Waals surface area (Å²) < 4.78 is 8.38. The molecule has 5 heteroatoms. The lowest BCUT2D eigenvalue weighted by molar-refractivity contribution is -0.0254. The van der Waals surface area contributed by atoms with Crippen molar-refractivity contribution in [3.8, 4) is 0 Å². The molecule has 0 aromatic carbocycles. The quantitative estimate of drug-likeness (QED) is 0.840. The summed E-state index contributed by atoms with van der Waals surface area (Å²) in [5, 5.41) is 0. The maximum absolute atomic E-state index is 12.6. The van der Waals surface area contributed by atoms with Gasteiger partial charge in [-0.15, -0.1) is 0 Å². The first-order valence-electron chi connectivity index (χ1n) is 6.30. The number of carbonyl (C=O) groups is 1. The normalized spacial score (nSPS) is 24.3. The van der Waals surface area contributed by atoms with Crippen molar-refractivity contribution >= 4 is 21.8 Å². The summed E-state index contributed by atoms with van der Waals surface area (Å²) in [5.41, 5.74) is 0.741. The highest BCUT2D eigenvalue weighted by Gasteiger charge is 2.31. The Kier molecular flexibility index (Phi) is 4.12. The summed E-state index contributed by atoms with van der Waals surface area (Å²) >= 11 is 3.43. The van der Waals surface area contributed by atoms with E-state index in [9.17, 15) is 4.79 Å². The van der Waals surface area contributed by atoms with E-state index in [-0.39, 0.29) is 18.0 Å². The summed E-state index contributed by atoms with van der Waals surface area (Å²) in [6, 6.07) is 2.14. The van der Waals surface area contributed by atoms with Crippen LogP contribution in [0.1, 0.15) is 31.3 Å². The summed E-state index contributed by atoms with van der Waals surface area (Å²) in [7, 11) is 0. The maximum Gasteiger partial charge on any atom is 0.271 e. The van der Waals surface area contributed by atoms with Crippen LogP contribution in [0.25, 0.3) is 0 Å². The van der Waals surface area contributed by atoms with E-state index in [4.69, 9.17) is 4.74 Å². The van der Waals surface area contributed by atoms with Crippen LogP contribution in [-0.4, -0.2) is 40.7 Å². The molecule has 0 spiro atoms. The molecule has 0 aliphatic carbocycles. The molecule has 0 radical (unpaired) electrons. The standard InChI is InChI=1S/C13H19BrN2O2/c1-4-15-6-11(14)5-12(15)13(17)16-9(2)7-18-8-10(16)3/h5-6,9-10H,4,7-8H2,1-3H3/t9-,10-/m0/s1. The van der Waals surface area contributed by atoms with Crippen LogP contribution in [-0.2, 0) is 11.3 Å². The van der Waals surface area contributed by atoms with E-state index >= 15 is 0 Å². The molecule has 1 saturated heterocycles. The van der Waals surface area contributed by atoms with Crippen LogP contribution >= 0.6 is 15.9 Å². The fraction of sp³-hybridized carbons (Fsp3) is 0.615. The van der Waals surface area contributed by atoms with Crippen LogP contribution < -0.4 is 0 Å². The predicted molar refractivity (Wildman–Crippen MR) is 73.7 cm³/mol. The fourth-order valence-electron chi connectivity index (χ4n) is 2.45. The molecule has 2 rings (SSSR count). The van der Waals surface area contributed by atoms with Crippen molar-refractivity contribution in [3.05, 3.63) is 22.4 Å². The molecule has 0 N–H and O–H groups in total. The van der Waals surface area contributed by atoms with Gasteiger partial charge >= 0.3 is 0 Å². The fourth-order valence-corrected chi connectivity index (χ4v) is 2.92. The first-order chi connectivity index (χ1) is 8.54. The lowest BCUT2D eigenvalue weighted by Crippen LogP contribution is -2.52. The molecule has 1 aliphatic heterocycles. The Morgan fingerprint density at radius 2 is 2.06 bits per heavy atom. The van der Waals surface area contributed by atoms with Gasteiger partial charge in [0.05, 0.1) is 25.3 Å². The summed E-state index contributed by atoms with van der Waals surface area (Å²) in [6.45, 7) is 8.12. The number of morpholine rings is 1. The van der Waals surface area contributed by atoms with Gasteiger partial charge in [-0.1, -0.05) is 0 Å². The second-order valence-corrected chi connectivity index (χ2v) is 5.69. The highest BCUT2D eigenvalue weighted by Crippen LogP contribution is 2.21. The van der Waals surface area contributed by atoms with Gasteiger partial charge in [0.15, 0.2) is 0 Å². The number of aryl methyl sites for hydroxylation is 1. The average molecular weight is 315 g/mol. The number of amides is 1. The molecule has 1 aliphatic rings. The van der Waals surface area contributed by atoms with E-state index in [1.54, 1.807) is 0 Å². The van der Waals surface area contributed by atoms with Crippen molar-refractivity contribution in [1.82, 2.24) is 9.47 Å². The van der Waals surface area contributed by atoms with Gasteiger partial charge in [-0.05, 0) is 42.8 Å². The zero-order chi connectivity index (χ0) is 13.3. The van der Waals surface area contributed by atoms with Crippen molar-refractivity contribution in [2.45, 2.75) is 39.4 Å². The second-order valence-electron chi connectivity index (χ2n) is 4.78. The van der Waals surface area contributed by atoms with Gasteiger partial charge in [0.25, 0.3) is 5.91 Å². The number of carbonyl (C=O) groups excluding carboxylic acids is 1. The number of halogens is 1. The van der Waals surface area contributed by atoms with Gasteiger partial charge in [-0.25, -0.2) is 0 Å². The van der Waals surface area contributed by atoms with Crippen molar-refractivity contribution in [2.24, 2.45) is 0 Å². The van der Waals surface area contributed by atoms with E-state index < -0.39 is 0 Å². The second kappa shape index (κ2) is 5.45. The SMILES string of the molecule is CCn1cc(Br)cc1C(=O)N1[C@@H](C)COC[C@@H]1C. The number of hydrogen-bond acceptors (Lipinski definition) is 2. The topological polar surface area (TPSA) is 34.5 Å². The number of nitrogens with zero attached hydrogens (tertiary/aromatic N) is 2. The van der Waals surface area contributed by atoms with Crippen LogP contribution in [0, 0.1) is 0 Å². The Hall–Kier alpha value is -0.810. The minimum Gasteiger partial charge on any atom is -0.377 e. The van der Waals surface area contributed by atoms with Gasteiger partial charge in [-0.2, -0.15) is 0 Å². The Bertz CT molecular complexity index is 434. The lowest BCUT2D eigenvalue weighted by atomic mass is 10.1. The first kappa shape index (κ1) is 13.6. The molecule has 0 unspecified atom stereocenters. The molecule has 1 fully saturated rings. The average Bonchev–Trinajstić information content (AvgIpc) is 2.70. The molecule has 1 aromatic rings. The van der Waals surface area contributed by atoms with Gasteiger partial charge < -0.3 is 14.2 Å². The van der Waals surface area contributed by atoms with Gasteiger partial charge in [0, 0.05) is 17.2 Å². The van der Waals surface area contributed by atoms with Crippen molar-refractivity contribution < 1.29 is 9.53 Å². The Morgan fingerprint density at radius 1 is 1.44 bits per heavy atom. The lowest BCUT2D eigenvalue weighted by Gasteiger charge is -2.38. The smallest absolute Gasteiger partial charge is 0.271 e.